The number of aromatic nitrogens is 4. The molecule has 2 aromatic heterocycles. The van der Waals surface area contributed by atoms with Gasteiger partial charge in [0.05, 0.1) is 7.11 Å². The van der Waals surface area contributed by atoms with Crippen LogP contribution in [0.1, 0.15) is 11.3 Å². The number of nitrogens with zero attached hydrogens (tertiary/aromatic N) is 5. The maximum Gasteiger partial charge on any atom is 0.254 e. The fourth-order valence-corrected chi connectivity index (χ4v) is 2.27. The summed E-state index contributed by atoms with van der Waals surface area (Å²) < 4.78 is 6.92. The molecule has 0 N–H and O–H groups in total. The summed E-state index contributed by atoms with van der Waals surface area (Å²) in [5, 5.41) is 4.23. The molecule has 0 spiro atoms. The summed E-state index contributed by atoms with van der Waals surface area (Å²) in [5.74, 6) is 2.44. The van der Waals surface area contributed by atoms with Gasteiger partial charge in [0.1, 0.15) is 17.9 Å². The first-order valence-electron chi connectivity index (χ1n) is 6.69. The molecule has 6 nitrogen and oxygen atoms in total. The van der Waals surface area contributed by atoms with E-state index in [-0.39, 0.29) is 0 Å². The van der Waals surface area contributed by atoms with Crippen molar-refractivity contribution in [3.05, 3.63) is 47.9 Å². The quantitative estimate of drug-likeness (QED) is 0.733. The lowest BCUT2D eigenvalue weighted by molar-refractivity contribution is 0.414. The normalized spacial score (nSPS) is 10.8. The number of methoxy groups -OCH3 is 1. The first-order valence-corrected chi connectivity index (χ1v) is 6.69. The first-order chi connectivity index (χ1) is 10.2. The molecule has 0 unspecified atom stereocenters. The molecule has 0 atom stereocenters. The molecule has 3 aromatic rings. The van der Waals surface area contributed by atoms with E-state index in [0.717, 1.165) is 23.8 Å². The van der Waals surface area contributed by atoms with Crippen molar-refractivity contribution in [2.24, 2.45) is 0 Å². The van der Waals surface area contributed by atoms with Gasteiger partial charge < -0.3 is 9.64 Å². The molecule has 0 aliphatic carbocycles. The number of hydrogen-bond donors (Lipinski definition) is 0. The van der Waals surface area contributed by atoms with E-state index in [9.17, 15) is 0 Å². The minimum atomic E-state index is 0.617. The largest absolute Gasteiger partial charge is 0.497 e. The molecule has 21 heavy (non-hydrogen) atoms. The van der Waals surface area contributed by atoms with E-state index in [4.69, 9.17) is 4.74 Å². The Morgan fingerprint density at radius 3 is 2.71 bits per heavy atom. The van der Waals surface area contributed by atoms with Gasteiger partial charge in [0.15, 0.2) is 0 Å². The van der Waals surface area contributed by atoms with Crippen molar-refractivity contribution < 1.29 is 4.74 Å². The van der Waals surface area contributed by atoms with Crippen molar-refractivity contribution in [2.75, 3.05) is 19.1 Å². The highest BCUT2D eigenvalue weighted by atomic mass is 16.5. The summed E-state index contributed by atoms with van der Waals surface area (Å²) in [6.07, 6.45) is 1.52. The van der Waals surface area contributed by atoms with Crippen molar-refractivity contribution in [1.29, 1.82) is 0 Å². The van der Waals surface area contributed by atoms with Crippen LogP contribution in [-0.4, -0.2) is 33.7 Å². The van der Waals surface area contributed by atoms with E-state index in [0.29, 0.717) is 5.78 Å². The monoisotopic (exact) mass is 283 g/mol. The van der Waals surface area contributed by atoms with Crippen LogP contribution < -0.4 is 9.64 Å². The zero-order chi connectivity index (χ0) is 14.8. The second kappa shape index (κ2) is 5.40. The summed E-state index contributed by atoms with van der Waals surface area (Å²) in [7, 11) is 3.70. The number of fused-ring (bicyclic) bond motifs is 1. The van der Waals surface area contributed by atoms with E-state index in [2.05, 4.69) is 32.1 Å². The van der Waals surface area contributed by atoms with Crippen molar-refractivity contribution in [1.82, 2.24) is 19.6 Å². The van der Waals surface area contributed by atoms with Crippen LogP contribution in [0.15, 0.2) is 36.7 Å². The standard InChI is InChI=1S/C15H17N5O/c1-11-8-14(20-15(18-11)16-10-17-20)19(2)9-12-4-6-13(21-3)7-5-12/h4-8,10H,9H2,1-3H3. The van der Waals surface area contributed by atoms with E-state index in [1.54, 1.807) is 11.6 Å². The molecular formula is C15H17N5O. The molecule has 0 fully saturated rings. The molecule has 1 aromatic carbocycles. The van der Waals surface area contributed by atoms with Gasteiger partial charge in [-0.05, 0) is 24.6 Å². The predicted octanol–water partition coefficient (Wildman–Crippen LogP) is 2.08. The van der Waals surface area contributed by atoms with Crippen LogP contribution in [0.2, 0.25) is 0 Å². The Balaban J connectivity index is 1.89. The van der Waals surface area contributed by atoms with Crippen LogP contribution in [0, 0.1) is 6.92 Å². The van der Waals surface area contributed by atoms with Gasteiger partial charge in [-0.3, -0.25) is 0 Å². The van der Waals surface area contributed by atoms with E-state index >= 15 is 0 Å². The molecule has 0 radical (unpaired) electrons. The summed E-state index contributed by atoms with van der Waals surface area (Å²) in [6, 6.07) is 10.0. The second-order valence-electron chi connectivity index (χ2n) is 4.93. The minimum Gasteiger partial charge on any atom is -0.497 e. The molecule has 0 amide bonds. The lowest BCUT2D eigenvalue weighted by Gasteiger charge is -2.20. The molecule has 0 bridgehead atoms. The highest BCUT2D eigenvalue weighted by Crippen LogP contribution is 2.18. The third-order valence-corrected chi connectivity index (χ3v) is 3.33. The van der Waals surface area contributed by atoms with E-state index in [1.807, 2.05) is 32.2 Å². The number of benzene rings is 1. The fourth-order valence-electron chi connectivity index (χ4n) is 2.27. The summed E-state index contributed by atoms with van der Waals surface area (Å²) in [4.78, 5) is 10.6. The Bertz CT molecular complexity index is 750. The van der Waals surface area contributed by atoms with Gasteiger partial charge in [0, 0.05) is 25.4 Å². The lowest BCUT2D eigenvalue weighted by Crippen LogP contribution is -2.20. The maximum atomic E-state index is 5.18. The first kappa shape index (κ1) is 13.4. The zero-order valence-electron chi connectivity index (χ0n) is 12.3. The maximum absolute atomic E-state index is 5.18. The van der Waals surface area contributed by atoms with Gasteiger partial charge in [0.2, 0.25) is 0 Å². The summed E-state index contributed by atoms with van der Waals surface area (Å²) >= 11 is 0. The predicted molar refractivity (Wildman–Crippen MR) is 80.6 cm³/mol. The topological polar surface area (TPSA) is 55.5 Å². The number of hydrogen-bond acceptors (Lipinski definition) is 5. The van der Waals surface area contributed by atoms with Crippen molar-refractivity contribution in [2.45, 2.75) is 13.5 Å². The van der Waals surface area contributed by atoms with Crippen LogP contribution in [0.5, 0.6) is 5.75 Å². The highest BCUT2D eigenvalue weighted by molar-refractivity contribution is 5.47. The summed E-state index contributed by atoms with van der Waals surface area (Å²) in [6.45, 7) is 2.72. The van der Waals surface area contributed by atoms with Gasteiger partial charge in [-0.15, -0.1) is 0 Å². The Labute approximate surface area is 123 Å². The Hall–Kier alpha value is -2.63. The Morgan fingerprint density at radius 1 is 1.24 bits per heavy atom. The summed E-state index contributed by atoms with van der Waals surface area (Å²) in [5.41, 5.74) is 2.12. The van der Waals surface area contributed by atoms with Crippen molar-refractivity contribution in [3.8, 4) is 5.75 Å². The number of anilines is 1. The van der Waals surface area contributed by atoms with Gasteiger partial charge in [0.25, 0.3) is 5.78 Å². The van der Waals surface area contributed by atoms with E-state index < -0.39 is 0 Å². The number of ether oxygens (including phenoxy) is 1. The van der Waals surface area contributed by atoms with Crippen LogP contribution >= 0.6 is 0 Å². The van der Waals surface area contributed by atoms with Crippen LogP contribution in [-0.2, 0) is 6.54 Å². The minimum absolute atomic E-state index is 0.617. The Morgan fingerprint density at radius 2 is 2.00 bits per heavy atom. The van der Waals surface area contributed by atoms with Gasteiger partial charge in [-0.2, -0.15) is 14.6 Å². The average Bonchev–Trinajstić information content (AvgIpc) is 2.95. The number of rotatable bonds is 4. The molecule has 0 aliphatic rings. The molecule has 3 rings (SSSR count). The van der Waals surface area contributed by atoms with Crippen LogP contribution in [0.4, 0.5) is 5.82 Å². The van der Waals surface area contributed by atoms with Crippen molar-refractivity contribution in [3.63, 3.8) is 0 Å². The third-order valence-electron chi connectivity index (χ3n) is 3.33. The number of aryl methyl sites for hydroxylation is 1. The second-order valence-corrected chi connectivity index (χ2v) is 4.93. The molecule has 6 heteroatoms. The van der Waals surface area contributed by atoms with Gasteiger partial charge in [-0.25, -0.2) is 4.98 Å². The third kappa shape index (κ3) is 2.65. The van der Waals surface area contributed by atoms with E-state index in [1.165, 1.54) is 11.9 Å². The molecule has 2 heterocycles. The molecule has 108 valence electrons. The molecule has 0 saturated heterocycles. The lowest BCUT2D eigenvalue weighted by atomic mass is 10.2. The Kier molecular flexibility index (Phi) is 3.43. The van der Waals surface area contributed by atoms with Gasteiger partial charge >= 0.3 is 0 Å². The van der Waals surface area contributed by atoms with Gasteiger partial charge in [-0.1, -0.05) is 12.1 Å². The zero-order valence-corrected chi connectivity index (χ0v) is 12.3. The SMILES string of the molecule is COc1ccc(CN(C)c2cc(C)nc3ncnn23)cc1. The highest BCUT2D eigenvalue weighted by Gasteiger charge is 2.10. The van der Waals surface area contributed by atoms with Crippen molar-refractivity contribution >= 4 is 11.6 Å². The molecule has 0 saturated carbocycles. The fraction of sp³-hybridized carbons (Fsp3) is 0.267. The molecular weight excluding hydrogens is 266 g/mol. The van der Waals surface area contributed by atoms with Crippen LogP contribution in [0.3, 0.4) is 0 Å². The average molecular weight is 283 g/mol. The molecule has 0 aliphatic heterocycles. The van der Waals surface area contributed by atoms with Crippen LogP contribution in [0.25, 0.3) is 5.78 Å². The smallest absolute Gasteiger partial charge is 0.254 e.